The fraction of sp³-hybridized carbons (Fsp3) is 0.233. The van der Waals surface area contributed by atoms with E-state index in [1.807, 2.05) is 74.2 Å². The highest BCUT2D eigenvalue weighted by Crippen LogP contribution is 2.44. The third-order valence-electron chi connectivity index (χ3n) is 7.22. The average Bonchev–Trinajstić information content (AvgIpc) is 3.43. The van der Waals surface area contributed by atoms with Crippen LogP contribution in [0.2, 0.25) is 0 Å². The van der Waals surface area contributed by atoms with E-state index in [2.05, 4.69) is 25.7 Å². The van der Waals surface area contributed by atoms with E-state index in [-0.39, 0.29) is 12.1 Å². The van der Waals surface area contributed by atoms with Crippen molar-refractivity contribution in [3.8, 4) is 5.69 Å². The van der Waals surface area contributed by atoms with Gasteiger partial charge in [0, 0.05) is 23.3 Å². The molecule has 2 aromatic heterocycles. The van der Waals surface area contributed by atoms with Crippen LogP contribution in [0.3, 0.4) is 0 Å². The highest BCUT2D eigenvalue weighted by Gasteiger charge is 2.42. The van der Waals surface area contributed by atoms with E-state index in [1.165, 1.54) is 7.11 Å². The zero-order valence-electron chi connectivity index (χ0n) is 23.4. The van der Waals surface area contributed by atoms with Crippen LogP contribution < -0.4 is 14.9 Å². The lowest BCUT2D eigenvalue weighted by Crippen LogP contribution is -2.29. The Morgan fingerprint density at radius 2 is 1.78 bits per heavy atom. The predicted octanol–water partition coefficient (Wildman–Crippen LogP) is 5.13. The molecule has 41 heavy (non-hydrogen) atoms. The van der Waals surface area contributed by atoms with Gasteiger partial charge in [-0.1, -0.05) is 18.2 Å². The number of nitrogens with zero attached hydrogens (tertiary/aromatic N) is 3. The summed E-state index contributed by atoms with van der Waals surface area (Å²) in [5.41, 5.74) is 6.97. The number of anilines is 2. The molecule has 1 saturated heterocycles. The monoisotopic (exact) mass is 589 g/mol. The number of hydrogen-bond acceptors (Lipinski definition) is 6. The summed E-state index contributed by atoms with van der Waals surface area (Å²) in [6.45, 7) is 5.88. The van der Waals surface area contributed by atoms with E-state index in [4.69, 9.17) is 17.0 Å². The second kappa shape index (κ2) is 11.0. The molecule has 11 heteroatoms. The molecule has 1 fully saturated rings. The van der Waals surface area contributed by atoms with Crippen LogP contribution in [0.5, 0.6) is 0 Å². The van der Waals surface area contributed by atoms with Gasteiger partial charge in [0.2, 0.25) is 10.0 Å². The molecule has 0 radical (unpaired) electrons. The zero-order chi connectivity index (χ0) is 29.5. The molecule has 0 spiro atoms. The van der Waals surface area contributed by atoms with Crippen molar-refractivity contribution >= 4 is 44.7 Å². The first-order valence-electron chi connectivity index (χ1n) is 13.0. The number of methoxy groups -OCH3 is 1. The second-order valence-electron chi connectivity index (χ2n) is 10.0. The maximum Gasteiger partial charge on any atom is 0.339 e. The molecule has 3 heterocycles. The first-order chi connectivity index (χ1) is 19.5. The minimum absolute atomic E-state index is 0.275. The molecule has 0 unspecified atom stereocenters. The van der Waals surface area contributed by atoms with Crippen molar-refractivity contribution in [3.05, 3.63) is 107 Å². The number of ether oxygens (including phenoxy) is 1. The molecule has 0 aliphatic carbocycles. The summed E-state index contributed by atoms with van der Waals surface area (Å²) in [5, 5.41) is 4.00. The van der Waals surface area contributed by atoms with E-state index in [0.29, 0.717) is 16.4 Å². The summed E-state index contributed by atoms with van der Waals surface area (Å²) in [6.07, 6.45) is 2.88. The Labute approximate surface area is 245 Å². The van der Waals surface area contributed by atoms with Gasteiger partial charge in [-0.2, -0.15) is 0 Å². The molecule has 2 N–H and O–H groups in total. The maximum atomic E-state index is 12.6. The number of para-hydroxylation sites is 1. The topological polar surface area (TPSA) is 106 Å². The van der Waals surface area contributed by atoms with Crippen LogP contribution in [-0.2, 0) is 14.8 Å². The number of sulfonamides is 1. The zero-order valence-corrected chi connectivity index (χ0v) is 25.0. The summed E-state index contributed by atoms with van der Waals surface area (Å²) < 4.78 is 33.4. The van der Waals surface area contributed by atoms with Gasteiger partial charge in [0.25, 0.3) is 0 Å². The Hall–Kier alpha value is -4.22. The third kappa shape index (κ3) is 5.42. The van der Waals surface area contributed by atoms with Crippen LogP contribution in [0.4, 0.5) is 11.4 Å². The fourth-order valence-electron chi connectivity index (χ4n) is 5.47. The van der Waals surface area contributed by atoms with Gasteiger partial charge in [-0.25, -0.2) is 13.2 Å². The standard InChI is InChI=1S/C30H31N5O4S2/c1-18-16-21(13-14-24(18)33-41(5,37)38)35-28(27(32-30(35)40)25-11-8-9-15-31-25)23-17-19(2)34(20(23)3)26-12-7-6-10-22(26)29(36)39-4/h6-17,27-28,33H,1-5H3,(H,32,40)/t27-,28-/m0/s1. The molecule has 0 saturated carbocycles. The van der Waals surface area contributed by atoms with Crippen molar-refractivity contribution in [1.29, 1.82) is 0 Å². The van der Waals surface area contributed by atoms with Gasteiger partial charge >= 0.3 is 5.97 Å². The van der Waals surface area contributed by atoms with Gasteiger partial charge in [0.05, 0.1) is 48.1 Å². The Morgan fingerprint density at radius 3 is 2.44 bits per heavy atom. The number of thiocarbonyl (C=S) groups is 1. The number of carbonyl (C=O) groups excluding carboxylic acids is 1. The summed E-state index contributed by atoms with van der Waals surface area (Å²) >= 11 is 5.89. The van der Waals surface area contributed by atoms with Gasteiger partial charge in [0.15, 0.2) is 5.11 Å². The molecule has 1 aliphatic heterocycles. The SMILES string of the molecule is COC(=O)c1ccccc1-n1c(C)cc([C@H]2[C@H](c3ccccn3)NC(=S)N2c2ccc(NS(C)(=O)=O)c(C)c2)c1C. The number of carbonyl (C=O) groups is 1. The van der Waals surface area contributed by atoms with E-state index in [1.54, 1.807) is 18.3 Å². The lowest BCUT2D eigenvalue weighted by atomic mass is 9.96. The Bertz CT molecular complexity index is 1750. The van der Waals surface area contributed by atoms with Crippen molar-refractivity contribution < 1.29 is 17.9 Å². The maximum absolute atomic E-state index is 12.6. The quantitative estimate of drug-likeness (QED) is 0.226. The Balaban J connectivity index is 1.67. The largest absolute Gasteiger partial charge is 0.465 e. The number of nitrogens with one attached hydrogen (secondary N) is 2. The van der Waals surface area contributed by atoms with Crippen molar-refractivity contribution in [2.24, 2.45) is 0 Å². The van der Waals surface area contributed by atoms with Crippen molar-refractivity contribution in [2.75, 3.05) is 23.0 Å². The van der Waals surface area contributed by atoms with Gasteiger partial charge in [-0.3, -0.25) is 9.71 Å². The normalized spacial score (nSPS) is 16.9. The molecule has 2 atom stereocenters. The molecule has 212 valence electrons. The first-order valence-corrected chi connectivity index (χ1v) is 15.3. The second-order valence-corrected chi connectivity index (χ2v) is 12.2. The van der Waals surface area contributed by atoms with E-state index >= 15 is 0 Å². The summed E-state index contributed by atoms with van der Waals surface area (Å²) in [7, 11) is -2.06. The number of hydrogen-bond donors (Lipinski definition) is 2. The van der Waals surface area contributed by atoms with Crippen LogP contribution >= 0.6 is 12.2 Å². The molecule has 0 amide bonds. The van der Waals surface area contributed by atoms with Crippen LogP contribution in [0.25, 0.3) is 5.69 Å². The number of aromatic nitrogens is 2. The van der Waals surface area contributed by atoms with E-state index in [0.717, 1.165) is 45.8 Å². The Morgan fingerprint density at radius 1 is 1.05 bits per heavy atom. The van der Waals surface area contributed by atoms with Gasteiger partial charge in [-0.15, -0.1) is 0 Å². The molecule has 4 aromatic rings. The molecule has 1 aliphatic rings. The molecule has 9 nitrogen and oxygen atoms in total. The highest BCUT2D eigenvalue weighted by atomic mass is 32.2. The molecule has 5 rings (SSSR count). The van der Waals surface area contributed by atoms with E-state index < -0.39 is 16.0 Å². The van der Waals surface area contributed by atoms with Gasteiger partial charge < -0.3 is 19.5 Å². The van der Waals surface area contributed by atoms with Crippen LogP contribution in [0, 0.1) is 20.8 Å². The highest BCUT2D eigenvalue weighted by molar-refractivity contribution is 7.92. The summed E-state index contributed by atoms with van der Waals surface area (Å²) in [5.74, 6) is -0.412. The summed E-state index contributed by atoms with van der Waals surface area (Å²) in [4.78, 5) is 19.3. The molecular weight excluding hydrogens is 558 g/mol. The van der Waals surface area contributed by atoms with Crippen LogP contribution in [0.1, 0.15) is 50.7 Å². The number of esters is 1. The van der Waals surface area contributed by atoms with Gasteiger partial charge in [0.1, 0.15) is 0 Å². The lowest BCUT2D eigenvalue weighted by molar-refractivity contribution is 0.0600. The summed E-state index contributed by atoms with van der Waals surface area (Å²) in [6, 6.07) is 20.2. The molecule has 2 aromatic carbocycles. The molecular formula is C30H31N5O4S2. The van der Waals surface area contributed by atoms with Crippen LogP contribution in [0.15, 0.2) is 72.9 Å². The average molecular weight is 590 g/mol. The minimum atomic E-state index is -3.43. The number of pyridine rings is 1. The van der Waals surface area contributed by atoms with Crippen LogP contribution in [-0.4, -0.2) is 42.4 Å². The van der Waals surface area contributed by atoms with Gasteiger partial charge in [-0.05, 0) is 92.6 Å². The number of rotatable bonds is 7. The minimum Gasteiger partial charge on any atom is -0.465 e. The van der Waals surface area contributed by atoms with E-state index in [9.17, 15) is 13.2 Å². The van der Waals surface area contributed by atoms with Crippen molar-refractivity contribution in [1.82, 2.24) is 14.9 Å². The predicted molar refractivity (Wildman–Crippen MR) is 164 cm³/mol. The Kier molecular flexibility index (Phi) is 7.58. The van der Waals surface area contributed by atoms with Crippen molar-refractivity contribution in [2.45, 2.75) is 32.9 Å². The fourth-order valence-corrected chi connectivity index (χ4v) is 6.44. The number of aryl methyl sites for hydroxylation is 2. The molecule has 0 bridgehead atoms. The first kappa shape index (κ1) is 28.3. The third-order valence-corrected chi connectivity index (χ3v) is 8.13. The number of benzene rings is 2. The smallest absolute Gasteiger partial charge is 0.339 e. The van der Waals surface area contributed by atoms with Crippen molar-refractivity contribution in [3.63, 3.8) is 0 Å². The lowest BCUT2D eigenvalue weighted by Gasteiger charge is -2.29.